The van der Waals surface area contributed by atoms with E-state index < -0.39 is 0 Å². The van der Waals surface area contributed by atoms with Crippen LogP contribution in [0.2, 0.25) is 0 Å². The molecule has 1 aliphatic heterocycles. The normalized spacial score (nSPS) is 15.8. The number of imidazole rings is 1. The molecule has 0 radical (unpaired) electrons. The molecule has 0 saturated carbocycles. The van der Waals surface area contributed by atoms with Gasteiger partial charge in [-0.2, -0.15) is 0 Å². The number of pyridine rings is 1. The summed E-state index contributed by atoms with van der Waals surface area (Å²) < 4.78 is 3.43. The van der Waals surface area contributed by atoms with Gasteiger partial charge in [-0.25, -0.2) is 4.98 Å². The number of rotatable bonds is 5. The lowest BCUT2D eigenvalue weighted by Crippen LogP contribution is -2.21. The predicted molar refractivity (Wildman–Crippen MR) is 91.1 cm³/mol. The monoisotopic (exact) mass is 312 g/mol. The summed E-state index contributed by atoms with van der Waals surface area (Å²) in [5, 5.41) is 0. The van der Waals surface area contributed by atoms with E-state index in [-0.39, 0.29) is 0 Å². The van der Waals surface area contributed by atoms with E-state index in [2.05, 4.69) is 37.8 Å². The van der Waals surface area contributed by atoms with Gasteiger partial charge in [0.1, 0.15) is 0 Å². The number of likely N-dealkylation sites (tertiary alicyclic amines) is 1. The van der Waals surface area contributed by atoms with Gasteiger partial charge < -0.3 is 9.47 Å². The molecule has 0 atom stereocenters. The second kappa shape index (κ2) is 6.18. The SMILES string of the molecule is c1cnc2cc(-c3cn(CCCN4CCCC4)cn3)sc2c1. The van der Waals surface area contributed by atoms with Crippen LogP contribution in [-0.2, 0) is 6.54 Å². The van der Waals surface area contributed by atoms with Gasteiger partial charge in [0.2, 0.25) is 0 Å². The molecule has 22 heavy (non-hydrogen) atoms. The Labute approximate surface area is 134 Å². The van der Waals surface area contributed by atoms with Crippen LogP contribution in [0, 0.1) is 0 Å². The maximum atomic E-state index is 4.56. The van der Waals surface area contributed by atoms with Crippen molar-refractivity contribution in [1.29, 1.82) is 0 Å². The van der Waals surface area contributed by atoms with Gasteiger partial charge in [-0.15, -0.1) is 11.3 Å². The molecule has 4 nitrogen and oxygen atoms in total. The minimum absolute atomic E-state index is 1.05. The van der Waals surface area contributed by atoms with E-state index in [4.69, 9.17) is 0 Å². The Balaban J connectivity index is 1.42. The number of nitrogens with zero attached hydrogens (tertiary/aromatic N) is 4. The van der Waals surface area contributed by atoms with Gasteiger partial charge in [0.25, 0.3) is 0 Å². The summed E-state index contributed by atoms with van der Waals surface area (Å²) in [6.45, 7) is 4.82. The molecule has 5 heteroatoms. The topological polar surface area (TPSA) is 34.0 Å². The highest BCUT2D eigenvalue weighted by atomic mass is 32.1. The van der Waals surface area contributed by atoms with Crippen molar-refractivity contribution in [1.82, 2.24) is 19.4 Å². The number of hydrogen-bond acceptors (Lipinski definition) is 4. The van der Waals surface area contributed by atoms with Gasteiger partial charge in [0.05, 0.1) is 27.1 Å². The Morgan fingerprint density at radius 1 is 1.14 bits per heavy atom. The third-order valence-electron chi connectivity index (χ3n) is 4.26. The zero-order valence-corrected chi connectivity index (χ0v) is 13.4. The second-order valence-corrected chi connectivity index (χ2v) is 6.98. The summed E-state index contributed by atoms with van der Waals surface area (Å²) in [7, 11) is 0. The number of fused-ring (bicyclic) bond motifs is 1. The van der Waals surface area contributed by atoms with Crippen LogP contribution in [0.25, 0.3) is 20.8 Å². The van der Waals surface area contributed by atoms with Crippen LogP contribution in [0.15, 0.2) is 36.9 Å². The van der Waals surface area contributed by atoms with Crippen molar-refractivity contribution in [2.24, 2.45) is 0 Å². The first-order valence-corrected chi connectivity index (χ1v) is 8.79. The maximum Gasteiger partial charge on any atom is 0.0982 e. The molecule has 1 aliphatic rings. The fraction of sp³-hybridized carbons (Fsp3) is 0.412. The number of aromatic nitrogens is 3. The van der Waals surface area contributed by atoms with Gasteiger partial charge in [0, 0.05) is 18.9 Å². The van der Waals surface area contributed by atoms with Crippen LogP contribution in [-0.4, -0.2) is 39.1 Å². The molecular formula is C17H20N4S. The first kappa shape index (κ1) is 13.9. The molecular weight excluding hydrogens is 292 g/mol. The summed E-state index contributed by atoms with van der Waals surface area (Å²) in [5.74, 6) is 0. The highest BCUT2D eigenvalue weighted by molar-refractivity contribution is 7.22. The second-order valence-electron chi connectivity index (χ2n) is 5.90. The average molecular weight is 312 g/mol. The van der Waals surface area contributed by atoms with E-state index >= 15 is 0 Å². The molecule has 1 fully saturated rings. The molecule has 0 aliphatic carbocycles. The summed E-state index contributed by atoms with van der Waals surface area (Å²) in [6, 6.07) is 6.24. The molecule has 0 bridgehead atoms. The van der Waals surface area contributed by atoms with Crippen LogP contribution >= 0.6 is 11.3 Å². The number of hydrogen-bond donors (Lipinski definition) is 0. The Bertz CT molecular complexity index is 722. The van der Waals surface area contributed by atoms with E-state index in [0.29, 0.717) is 0 Å². The van der Waals surface area contributed by atoms with Crippen molar-refractivity contribution >= 4 is 21.6 Å². The zero-order chi connectivity index (χ0) is 14.8. The van der Waals surface area contributed by atoms with Crippen molar-refractivity contribution in [3.8, 4) is 10.6 Å². The van der Waals surface area contributed by atoms with E-state index in [0.717, 1.165) is 17.8 Å². The van der Waals surface area contributed by atoms with Gasteiger partial charge in [0.15, 0.2) is 0 Å². The number of aryl methyl sites for hydroxylation is 1. The third kappa shape index (κ3) is 2.91. The van der Waals surface area contributed by atoms with Crippen molar-refractivity contribution in [3.05, 3.63) is 36.9 Å². The fourth-order valence-corrected chi connectivity index (χ4v) is 4.07. The first-order chi connectivity index (χ1) is 10.9. The standard InChI is InChI=1S/C17H20N4S/c1-2-8-20(7-1)9-4-10-21-12-15(19-13-21)17-11-14-16(22-17)5-3-6-18-14/h3,5-6,11-13H,1-2,4,7-10H2. The van der Waals surface area contributed by atoms with Crippen LogP contribution < -0.4 is 0 Å². The van der Waals surface area contributed by atoms with Crippen LogP contribution in [0.4, 0.5) is 0 Å². The Morgan fingerprint density at radius 2 is 2.05 bits per heavy atom. The van der Waals surface area contributed by atoms with Crippen LogP contribution in [0.5, 0.6) is 0 Å². The molecule has 0 aromatic carbocycles. The Kier molecular flexibility index (Phi) is 3.91. The highest BCUT2D eigenvalue weighted by Crippen LogP contribution is 2.31. The summed E-state index contributed by atoms with van der Waals surface area (Å²) in [5.41, 5.74) is 2.12. The summed E-state index contributed by atoms with van der Waals surface area (Å²) >= 11 is 1.76. The Morgan fingerprint density at radius 3 is 2.91 bits per heavy atom. The molecule has 114 valence electrons. The van der Waals surface area contributed by atoms with E-state index in [1.807, 2.05) is 18.6 Å². The summed E-state index contributed by atoms with van der Waals surface area (Å²) in [4.78, 5) is 12.7. The third-order valence-corrected chi connectivity index (χ3v) is 5.37. The van der Waals surface area contributed by atoms with Gasteiger partial charge in [-0.05, 0) is 57.1 Å². The average Bonchev–Trinajstić information content (AvgIpc) is 3.27. The van der Waals surface area contributed by atoms with E-state index in [1.54, 1.807) is 11.3 Å². The predicted octanol–water partition coefficient (Wildman–Crippen LogP) is 3.65. The molecule has 1 saturated heterocycles. The van der Waals surface area contributed by atoms with E-state index in [9.17, 15) is 0 Å². The minimum atomic E-state index is 1.05. The van der Waals surface area contributed by atoms with Crippen molar-refractivity contribution < 1.29 is 0 Å². The minimum Gasteiger partial charge on any atom is -0.337 e. The molecule has 3 aromatic rings. The lowest BCUT2D eigenvalue weighted by molar-refractivity contribution is 0.325. The van der Waals surface area contributed by atoms with Crippen LogP contribution in [0.3, 0.4) is 0 Å². The smallest absolute Gasteiger partial charge is 0.0982 e. The molecule has 0 amide bonds. The lowest BCUT2D eigenvalue weighted by atomic mass is 10.3. The number of thiophene rings is 1. The Hall–Kier alpha value is -1.72. The molecule has 0 unspecified atom stereocenters. The van der Waals surface area contributed by atoms with Crippen molar-refractivity contribution in [2.75, 3.05) is 19.6 Å². The molecule has 4 heterocycles. The lowest BCUT2D eigenvalue weighted by Gasteiger charge is -2.13. The zero-order valence-electron chi connectivity index (χ0n) is 12.6. The summed E-state index contributed by atoms with van der Waals surface area (Å²) in [6.07, 6.45) is 9.90. The maximum absolute atomic E-state index is 4.56. The van der Waals surface area contributed by atoms with Crippen molar-refractivity contribution in [3.63, 3.8) is 0 Å². The van der Waals surface area contributed by atoms with Gasteiger partial charge in [-0.1, -0.05) is 0 Å². The largest absolute Gasteiger partial charge is 0.337 e. The van der Waals surface area contributed by atoms with Gasteiger partial charge >= 0.3 is 0 Å². The molecule has 3 aromatic heterocycles. The first-order valence-electron chi connectivity index (χ1n) is 7.97. The van der Waals surface area contributed by atoms with Gasteiger partial charge in [-0.3, -0.25) is 4.98 Å². The molecule has 0 spiro atoms. The fourth-order valence-electron chi connectivity index (χ4n) is 3.09. The molecule has 0 N–H and O–H groups in total. The quantitative estimate of drug-likeness (QED) is 0.721. The van der Waals surface area contributed by atoms with Crippen molar-refractivity contribution in [2.45, 2.75) is 25.8 Å². The van der Waals surface area contributed by atoms with Crippen LogP contribution in [0.1, 0.15) is 19.3 Å². The van der Waals surface area contributed by atoms with E-state index in [1.165, 1.54) is 48.5 Å². The highest BCUT2D eigenvalue weighted by Gasteiger charge is 2.11. The molecule has 4 rings (SSSR count).